The molecule has 1 aromatic carbocycles. The van der Waals surface area contributed by atoms with Gasteiger partial charge in [0.2, 0.25) is 0 Å². The Balaban J connectivity index is 2.09. The summed E-state index contributed by atoms with van der Waals surface area (Å²) < 4.78 is 5.14. The van der Waals surface area contributed by atoms with Crippen molar-refractivity contribution in [3.63, 3.8) is 0 Å². The van der Waals surface area contributed by atoms with Gasteiger partial charge in [-0.3, -0.25) is 10.7 Å². The van der Waals surface area contributed by atoms with Crippen LogP contribution in [0.1, 0.15) is 18.9 Å². The fourth-order valence-corrected chi connectivity index (χ4v) is 2.52. The number of rotatable bonds is 6. The molecule has 0 spiro atoms. The molecule has 1 heterocycles. The van der Waals surface area contributed by atoms with Crippen LogP contribution in [-0.2, 0) is 6.42 Å². The van der Waals surface area contributed by atoms with E-state index in [4.69, 9.17) is 10.1 Å². The largest absolute Gasteiger partial charge is 0.497 e. The third-order valence-electron chi connectivity index (χ3n) is 3.98. The second-order valence-electron chi connectivity index (χ2n) is 5.33. The number of methoxy groups -OCH3 is 1. The number of amidine groups is 1. The van der Waals surface area contributed by atoms with Crippen molar-refractivity contribution in [1.82, 2.24) is 10.2 Å². The van der Waals surface area contributed by atoms with Gasteiger partial charge in [-0.1, -0.05) is 18.2 Å². The molecule has 5 nitrogen and oxygen atoms in total. The van der Waals surface area contributed by atoms with Gasteiger partial charge in [-0.05, 0) is 37.5 Å². The highest BCUT2D eigenvalue weighted by Gasteiger charge is 2.45. The topological polar surface area (TPSA) is 65.4 Å². The highest BCUT2D eigenvalue weighted by Crippen LogP contribution is 2.27. The molecule has 1 atom stereocenters. The van der Waals surface area contributed by atoms with Crippen LogP contribution in [0.4, 0.5) is 4.79 Å². The molecule has 1 aliphatic rings. The number of ether oxygens (including phenoxy) is 1. The second-order valence-corrected chi connectivity index (χ2v) is 5.33. The summed E-state index contributed by atoms with van der Waals surface area (Å²) in [4.78, 5) is 13.6. The minimum absolute atomic E-state index is 0.225. The van der Waals surface area contributed by atoms with Gasteiger partial charge in [0, 0.05) is 6.54 Å². The second kappa shape index (κ2) is 5.99. The number of carbonyl (C=O) groups is 1. The standard InChI is InChI=1S/C16H21N3O2/c1-4-11-19-15(20)18-14(17)16(19,2)10-9-12-5-7-13(21-3)8-6-12/h4-8H,1,9-11H2,2-3H3,(H2,17,18,20). The summed E-state index contributed by atoms with van der Waals surface area (Å²) in [5, 5.41) is 10.6. The van der Waals surface area contributed by atoms with Gasteiger partial charge in [0.25, 0.3) is 0 Å². The Kier molecular flexibility index (Phi) is 4.31. The number of hydrogen-bond donors (Lipinski definition) is 2. The SMILES string of the molecule is C=CCN1C(=O)NC(=N)C1(C)CCc1ccc(OC)cc1. The smallest absolute Gasteiger partial charge is 0.323 e. The van der Waals surface area contributed by atoms with Crippen molar-refractivity contribution in [2.75, 3.05) is 13.7 Å². The molecule has 112 valence electrons. The van der Waals surface area contributed by atoms with Gasteiger partial charge in [-0.25, -0.2) is 4.79 Å². The van der Waals surface area contributed by atoms with Crippen molar-refractivity contribution in [3.05, 3.63) is 42.5 Å². The number of nitrogens with one attached hydrogen (secondary N) is 2. The van der Waals surface area contributed by atoms with E-state index in [1.165, 1.54) is 0 Å². The van der Waals surface area contributed by atoms with E-state index in [9.17, 15) is 4.79 Å². The first-order chi connectivity index (χ1) is 10.0. The van der Waals surface area contributed by atoms with Gasteiger partial charge in [-0.15, -0.1) is 6.58 Å². The van der Waals surface area contributed by atoms with E-state index in [1.54, 1.807) is 18.1 Å². The molecule has 2 rings (SSSR count). The molecular weight excluding hydrogens is 266 g/mol. The Bertz CT molecular complexity index is 553. The van der Waals surface area contributed by atoms with E-state index in [0.29, 0.717) is 13.0 Å². The Hall–Kier alpha value is -2.30. The van der Waals surface area contributed by atoms with E-state index in [1.807, 2.05) is 31.2 Å². The molecule has 2 amide bonds. The Morgan fingerprint density at radius 2 is 2.10 bits per heavy atom. The molecule has 0 radical (unpaired) electrons. The molecule has 0 saturated carbocycles. The molecule has 0 aliphatic carbocycles. The molecule has 0 aromatic heterocycles. The summed E-state index contributed by atoms with van der Waals surface area (Å²) in [5.41, 5.74) is 0.549. The first-order valence-electron chi connectivity index (χ1n) is 6.92. The number of nitrogens with zero attached hydrogens (tertiary/aromatic N) is 1. The predicted molar refractivity (Wildman–Crippen MR) is 82.9 cm³/mol. The molecule has 1 saturated heterocycles. The number of carbonyl (C=O) groups excluding carboxylic acids is 1. The van der Waals surface area contributed by atoms with Gasteiger partial charge in [0.15, 0.2) is 0 Å². The predicted octanol–water partition coefficient (Wildman–Crippen LogP) is 2.57. The molecule has 0 bridgehead atoms. The number of aryl methyl sites for hydroxylation is 1. The number of hydrogen-bond acceptors (Lipinski definition) is 3. The maximum absolute atomic E-state index is 11.9. The van der Waals surface area contributed by atoms with Crippen LogP contribution in [0.25, 0.3) is 0 Å². The Labute approximate surface area is 125 Å². The maximum atomic E-state index is 11.9. The quantitative estimate of drug-likeness (QED) is 0.790. The van der Waals surface area contributed by atoms with E-state index in [0.717, 1.165) is 17.7 Å². The highest BCUT2D eigenvalue weighted by molar-refractivity contribution is 6.08. The summed E-state index contributed by atoms with van der Waals surface area (Å²) in [7, 11) is 1.64. The van der Waals surface area contributed by atoms with Crippen LogP contribution in [0.2, 0.25) is 0 Å². The van der Waals surface area contributed by atoms with Crippen molar-refractivity contribution in [2.24, 2.45) is 0 Å². The average Bonchev–Trinajstić information content (AvgIpc) is 2.70. The highest BCUT2D eigenvalue weighted by atomic mass is 16.5. The Morgan fingerprint density at radius 3 is 2.67 bits per heavy atom. The number of urea groups is 1. The van der Waals surface area contributed by atoms with Gasteiger partial charge >= 0.3 is 6.03 Å². The lowest BCUT2D eigenvalue weighted by atomic mass is 9.91. The molecule has 1 unspecified atom stereocenters. The normalized spacial score (nSPS) is 21.3. The zero-order chi connectivity index (χ0) is 15.5. The lowest BCUT2D eigenvalue weighted by molar-refractivity contribution is 0.184. The summed E-state index contributed by atoms with van der Waals surface area (Å²) in [6.45, 7) is 6.04. The van der Waals surface area contributed by atoms with Crippen molar-refractivity contribution in [3.8, 4) is 5.75 Å². The van der Waals surface area contributed by atoms with Gasteiger partial charge in [0.05, 0.1) is 12.6 Å². The third kappa shape index (κ3) is 2.91. The van der Waals surface area contributed by atoms with Crippen LogP contribution in [-0.4, -0.2) is 36.0 Å². The van der Waals surface area contributed by atoms with Crippen molar-refractivity contribution < 1.29 is 9.53 Å². The fraction of sp³-hybridized carbons (Fsp3) is 0.375. The van der Waals surface area contributed by atoms with E-state index < -0.39 is 5.54 Å². The maximum Gasteiger partial charge on any atom is 0.323 e. The molecule has 2 N–H and O–H groups in total. The fourth-order valence-electron chi connectivity index (χ4n) is 2.52. The van der Waals surface area contributed by atoms with Crippen LogP contribution in [0.3, 0.4) is 0 Å². The molecule has 1 fully saturated rings. The lowest BCUT2D eigenvalue weighted by Crippen LogP contribution is -2.47. The van der Waals surface area contributed by atoms with Gasteiger partial charge < -0.3 is 9.64 Å². The van der Waals surface area contributed by atoms with Crippen LogP contribution in [0.5, 0.6) is 5.75 Å². The minimum atomic E-state index is -0.606. The van der Waals surface area contributed by atoms with E-state index in [2.05, 4.69) is 11.9 Å². The number of benzene rings is 1. The Morgan fingerprint density at radius 1 is 1.43 bits per heavy atom. The van der Waals surface area contributed by atoms with Crippen molar-refractivity contribution in [2.45, 2.75) is 25.3 Å². The lowest BCUT2D eigenvalue weighted by Gasteiger charge is -2.32. The molecule has 21 heavy (non-hydrogen) atoms. The summed E-state index contributed by atoms with van der Waals surface area (Å²) in [6.07, 6.45) is 3.15. The first kappa shape index (κ1) is 15.1. The van der Waals surface area contributed by atoms with Crippen molar-refractivity contribution in [1.29, 1.82) is 5.41 Å². The van der Waals surface area contributed by atoms with Gasteiger partial charge in [0.1, 0.15) is 11.6 Å². The zero-order valence-corrected chi connectivity index (χ0v) is 12.5. The van der Waals surface area contributed by atoms with Gasteiger partial charge in [-0.2, -0.15) is 0 Å². The van der Waals surface area contributed by atoms with Crippen molar-refractivity contribution >= 4 is 11.9 Å². The molecular formula is C16H21N3O2. The summed E-state index contributed by atoms with van der Waals surface area (Å²) >= 11 is 0. The monoisotopic (exact) mass is 287 g/mol. The summed E-state index contributed by atoms with van der Waals surface area (Å²) in [5.74, 6) is 1.08. The molecule has 5 heteroatoms. The van der Waals surface area contributed by atoms with Crippen LogP contribution in [0, 0.1) is 5.41 Å². The third-order valence-corrected chi connectivity index (χ3v) is 3.98. The van der Waals surface area contributed by atoms with Crippen LogP contribution >= 0.6 is 0 Å². The van der Waals surface area contributed by atoms with E-state index >= 15 is 0 Å². The first-order valence-corrected chi connectivity index (χ1v) is 6.92. The molecule has 1 aromatic rings. The average molecular weight is 287 g/mol. The number of amides is 2. The van der Waals surface area contributed by atoms with E-state index in [-0.39, 0.29) is 11.9 Å². The zero-order valence-electron chi connectivity index (χ0n) is 12.5. The minimum Gasteiger partial charge on any atom is -0.497 e. The summed E-state index contributed by atoms with van der Waals surface area (Å²) in [6, 6.07) is 7.63. The van der Waals surface area contributed by atoms with Crippen LogP contribution in [0.15, 0.2) is 36.9 Å². The van der Waals surface area contributed by atoms with Crippen LogP contribution < -0.4 is 10.1 Å². The molecule has 1 aliphatic heterocycles.